The predicted octanol–water partition coefficient (Wildman–Crippen LogP) is 5.85. The molecule has 2 N–H and O–H groups in total. The molecule has 0 fully saturated rings. The highest BCUT2D eigenvalue weighted by Crippen LogP contribution is 2.27. The second-order valence-electron chi connectivity index (χ2n) is 6.46. The fourth-order valence-corrected chi connectivity index (χ4v) is 3.68. The Kier molecular flexibility index (Phi) is 6.26. The summed E-state index contributed by atoms with van der Waals surface area (Å²) in [6.07, 6.45) is 0. The lowest BCUT2D eigenvalue weighted by Gasteiger charge is -2.21. The molecular formula is C23H17ClN4O2S. The lowest BCUT2D eigenvalue weighted by atomic mass is 10.2. The zero-order valence-corrected chi connectivity index (χ0v) is 17.7. The van der Waals surface area contributed by atoms with Gasteiger partial charge in [-0.3, -0.25) is 10.2 Å². The van der Waals surface area contributed by atoms with Gasteiger partial charge >= 0.3 is 6.03 Å². The van der Waals surface area contributed by atoms with Crippen LogP contribution in [0.2, 0.25) is 5.02 Å². The molecule has 6 nitrogen and oxygen atoms in total. The molecule has 0 bridgehead atoms. The summed E-state index contributed by atoms with van der Waals surface area (Å²) >= 11 is 7.15. The Morgan fingerprint density at radius 1 is 0.871 bits per heavy atom. The Morgan fingerprint density at radius 2 is 1.52 bits per heavy atom. The van der Waals surface area contributed by atoms with E-state index in [9.17, 15) is 9.59 Å². The van der Waals surface area contributed by atoms with Crippen LogP contribution in [0, 0.1) is 0 Å². The first kappa shape index (κ1) is 20.6. The fraction of sp³-hybridized carbons (Fsp3) is 0. The van der Waals surface area contributed by atoms with E-state index in [0.717, 1.165) is 10.6 Å². The third-order valence-corrected chi connectivity index (χ3v) is 5.38. The average Bonchev–Trinajstić information content (AvgIpc) is 3.29. The van der Waals surface area contributed by atoms with E-state index in [-0.39, 0.29) is 0 Å². The number of para-hydroxylation sites is 1. The summed E-state index contributed by atoms with van der Waals surface area (Å²) in [6, 6.07) is 24.4. The highest BCUT2D eigenvalue weighted by molar-refractivity contribution is 7.14. The Hall–Kier alpha value is -3.68. The molecule has 3 aromatic carbocycles. The first-order valence-corrected chi connectivity index (χ1v) is 10.6. The predicted molar refractivity (Wildman–Crippen MR) is 124 cm³/mol. The largest absolute Gasteiger partial charge is 0.347 e. The number of rotatable bonds is 4. The standard InChI is InChI=1S/C23H17ClN4O2S/c24-18-13-11-17(12-14-18)21(29)27-28(22(30)25-19-9-5-2-6-10-19)23-26-20(15-31-23)16-7-3-1-4-8-16/h1-15H,(H,25,30)(H,27,29). The highest BCUT2D eigenvalue weighted by atomic mass is 35.5. The van der Waals surface area contributed by atoms with Crippen LogP contribution in [0.1, 0.15) is 10.4 Å². The van der Waals surface area contributed by atoms with Gasteiger partial charge in [0.2, 0.25) is 5.13 Å². The van der Waals surface area contributed by atoms with Crippen LogP contribution < -0.4 is 15.8 Å². The summed E-state index contributed by atoms with van der Waals surface area (Å²) in [5.41, 5.74) is 5.22. The van der Waals surface area contributed by atoms with E-state index in [1.54, 1.807) is 36.4 Å². The van der Waals surface area contributed by atoms with Crippen LogP contribution in [0.25, 0.3) is 11.3 Å². The summed E-state index contributed by atoms with van der Waals surface area (Å²) in [5, 5.41) is 6.57. The molecule has 154 valence electrons. The van der Waals surface area contributed by atoms with E-state index in [2.05, 4.69) is 15.7 Å². The Balaban J connectivity index is 1.62. The molecule has 0 spiro atoms. The summed E-state index contributed by atoms with van der Waals surface area (Å²) in [4.78, 5) is 30.4. The number of amides is 3. The lowest BCUT2D eigenvalue weighted by Crippen LogP contribution is -2.48. The molecule has 0 atom stereocenters. The van der Waals surface area contributed by atoms with E-state index in [4.69, 9.17) is 11.6 Å². The van der Waals surface area contributed by atoms with Gasteiger partial charge < -0.3 is 5.32 Å². The van der Waals surface area contributed by atoms with Crippen molar-refractivity contribution in [1.82, 2.24) is 10.4 Å². The first-order chi connectivity index (χ1) is 15.1. The topological polar surface area (TPSA) is 74.3 Å². The molecule has 1 heterocycles. The number of hydrogen-bond donors (Lipinski definition) is 2. The molecule has 8 heteroatoms. The third kappa shape index (κ3) is 5.09. The van der Waals surface area contributed by atoms with Gasteiger partial charge in [-0.2, -0.15) is 5.01 Å². The van der Waals surface area contributed by atoms with Crippen molar-refractivity contribution in [2.45, 2.75) is 0 Å². The maximum absolute atomic E-state index is 13.0. The zero-order valence-electron chi connectivity index (χ0n) is 16.2. The number of hydrazine groups is 1. The maximum Gasteiger partial charge on any atom is 0.347 e. The number of thiazole rings is 1. The van der Waals surface area contributed by atoms with Gasteiger partial charge in [-0.1, -0.05) is 60.1 Å². The molecule has 0 aliphatic carbocycles. The van der Waals surface area contributed by atoms with Gasteiger partial charge in [0.1, 0.15) is 0 Å². The van der Waals surface area contributed by atoms with E-state index in [1.165, 1.54) is 11.3 Å². The molecule has 1 aromatic heterocycles. The monoisotopic (exact) mass is 448 g/mol. The minimum Gasteiger partial charge on any atom is -0.306 e. The van der Waals surface area contributed by atoms with Crippen LogP contribution >= 0.6 is 22.9 Å². The van der Waals surface area contributed by atoms with E-state index >= 15 is 0 Å². The van der Waals surface area contributed by atoms with Crippen molar-refractivity contribution in [3.63, 3.8) is 0 Å². The van der Waals surface area contributed by atoms with Gasteiger partial charge in [-0.25, -0.2) is 9.78 Å². The lowest BCUT2D eigenvalue weighted by molar-refractivity contribution is 0.0951. The van der Waals surface area contributed by atoms with E-state index in [1.807, 2.05) is 53.9 Å². The molecule has 0 unspecified atom stereocenters. The number of anilines is 2. The summed E-state index contributed by atoms with van der Waals surface area (Å²) in [6.45, 7) is 0. The van der Waals surface area contributed by atoms with Gasteiger partial charge in [0.05, 0.1) is 5.69 Å². The molecule has 0 aliphatic rings. The number of halogens is 1. The number of nitrogens with zero attached hydrogens (tertiary/aromatic N) is 2. The number of aromatic nitrogens is 1. The van der Waals surface area contributed by atoms with Crippen molar-refractivity contribution in [2.24, 2.45) is 0 Å². The van der Waals surface area contributed by atoms with Gasteiger partial charge in [0.25, 0.3) is 5.91 Å². The van der Waals surface area contributed by atoms with Crippen LogP contribution in [0.15, 0.2) is 90.3 Å². The number of benzene rings is 3. The Labute approximate surface area is 188 Å². The number of hydrogen-bond acceptors (Lipinski definition) is 4. The molecule has 4 aromatic rings. The smallest absolute Gasteiger partial charge is 0.306 e. The molecule has 0 aliphatic heterocycles. The van der Waals surface area contributed by atoms with Crippen molar-refractivity contribution in [2.75, 3.05) is 10.3 Å². The number of carbonyl (C=O) groups is 2. The van der Waals surface area contributed by atoms with Gasteiger partial charge in [-0.15, -0.1) is 11.3 Å². The summed E-state index contributed by atoms with van der Waals surface area (Å²) in [5.74, 6) is -0.462. The zero-order chi connectivity index (χ0) is 21.6. The van der Waals surface area contributed by atoms with Crippen molar-refractivity contribution in [1.29, 1.82) is 0 Å². The minimum absolute atomic E-state index is 0.328. The van der Waals surface area contributed by atoms with Crippen LogP contribution in [-0.2, 0) is 0 Å². The van der Waals surface area contributed by atoms with Gasteiger partial charge in [0, 0.05) is 27.2 Å². The average molecular weight is 449 g/mol. The summed E-state index contributed by atoms with van der Waals surface area (Å²) < 4.78 is 0. The molecular weight excluding hydrogens is 432 g/mol. The fourth-order valence-electron chi connectivity index (χ4n) is 2.76. The number of carbonyl (C=O) groups excluding carboxylic acids is 2. The van der Waals surface area contributed by atoms with Crippen LogP contribution in [0.5, 0.6) is 0 Å². The molecule has 31 heavy (non-hydrogen) atoms. The maximum atomic E-state index is 13.0. The van der Waals surface area contributed by atoms with Crippen molar-refractivity contribution < 1.29 is 9.59 Å². The third-order valence-electron chi connectivity index (χ3n) is 4.30. The molecule has 0 saturated carbocycles. The quantitative estimate of drug-likeness (QED) is 0.385. The van der Waals surface area contributed by atoms with Crippen molar-refractivity contribution in [3.8, 4) is 11.3 Å². The normalized spacial score (nSPS) is 10.4. The van der Waals surface area contributed by atoms with Crippen LogP contribution in [0.4, 0.5) is 15.6 Å². The van der Waals surface area contributed by atoms with Crippen LogP contribution in [0.3, 0.4) is 0 Å². The number of urea groups is 1. The Bertz CT molecular complexity index is 1180. The molecule has 0 saturated heterocycles. The summed E-state index contributed by atoms with van der Waals surface area (Å²) in [7, 11) is 0. The first-order valence-electron chi connectivity index (χ1n) is 9.34. The van der Waals surface area contributed by atoms with Crippen molar-refractivity contribution >= 4 is 45.7 Å². The molecule has 4 rings (SSSR count). The van der Waals surface area contributed by atoms with Gasteiger partial charge in [-0.05, 0) is 36.4 Å². The molecule has 0 radical (unpaired) electrons. The van der Waals surface area contributed by atoms with Gasteiger partial charge in [0.15, 0.2) is 0 Å². The highest BCUT2D eigenvalue weighted by Gasteiger charge is 2.23. The van der Waals surface area contributed by atoms with Crippen LogP contribution in [-0.4, -0.2) is 16.9 Å². The second kappa shape index (κ2) is 9.42. The van der Waals surface area contributed by atoms with E-state index < -0.39 is 11.9 Å². The SMILES string of the molecule is O=C(NN(C(=O)Nc1ccccc1)c1nc(-c2ccccc2)cs1)c1ccc(Cl)cc1. The minimum atomic E-state index is -0.539. The van der Waals surface area contributed by atoms with E-state index in [0.29, 0.717) is 27.1 Å². The van der Waals surface area contributed by atoms with Crippen molar-refractivity contribution in [3.05, 3.63) is 101 Å². The Morgan fingerprint density at radius 3 is 2.19 bits per heavy atom. The molecule has 3 amide bonds. The second-order valence-corrected chi connectivity index (χ2v) is 7.73. The number of nitrogens with one attached hydrogen (secondary N) is 2.